The average Bonchev–Trinajstić information content (AvgIpc) is 2.84. The number of rotatable bonds is 15. The van der Waals surface area contributed by atoms with E-state index in [1.54, 1.807) is 0 Å². The molecule has 0 aromatic heterocycles. The molecular formula is C35H59BrO4. The van der Waals surface area contributed by atoms with Crippen molar-refractivity contribution in [2.24, 2.45) is 51.8 Å². The Labute approximate surface area is 254 Å². The van der Waals surface area contributed by atoms with Crippen molar-refractivity contribution in [1.82, 2.24) is 0 Å². The Kier molecular flexibility index (Phi) is 11.7. The maximum Gasteiger partial charge on any atom is 0.178 e. The van der Waals surface area contributed by atoms with Gasteiger partial charge in [0.2, 0.25) is 0 Å². The van der Waals surface area contributed by atoms with Crippen molar-refractivity contribution in [2.45, 2.75) is 145 Å². The monoisotopic (exact) mass is 622 g/mol. The smallest absolute Gasteiger partial charge is 0.178 e. The first-order valence-corrected chi connectivity index (χ1v) is 17.0. The zero-order valence-electron chi connectivity index (χ0n) is 27.5. The molecular weight excluding hydrogens is 564 g/mol. The Balaban J connectivity index is 2.98. The van der Waals surface area contributed by atoms with Gasteiger partial charge in [0.05, 0.1) is 5.41 Å². The minimum atomic E-state index is -1.80. The molecule has 2 bridgehead atoms. The van der Waals surface area contributed by atoms with E-state index in [2.05, 4.69) is 78.2 Å². The van der Waals surface area contributed by atoms with Gasteiger partial charge >= 0.3 is 0 Å². The van der Waals surface area contributed by atoms with Gasteiger partial charge in [-0.3, -0.25) is 19.2 Å². The molecule has 5 atom stereocenters. The van der Waals surface area contributed by atoms with Crippen LogP contribution in [0.4, 0.5) is 0 Å². The van der Waals surface area contributed by atoms with Crippen molar-refractivity contribution in [2.75, 3.05) is 0 Å². The third-order valence-electron chi connectivity index (χ3n) is 10.3. The van der Waals surface area contributed by atoms with E-state index in [1.807, 2.05) is 13.8 Å². The third kappa shape index (κ3) is 6.11. The summed E-state index contributed by atoms with van der Waals surface area (Å²) < 4.78 is -1.50. The summed E-state index contributed by atoms with van der Waals surface area (Å²) in [5.74, 6) is -0.344. The molecule has 0 aliphatic heterocycles. The lowest BCUT2D eigenvalue weighted by Gasteiger charge is -2.64. The van der Waals surface area contributed by atoms with Crippen LogP contribution in [-0.2, 0) is 19.2 Å². The Morgan fingerprint density at radius 2 is 1.23 bits per heavy atom. The largest absolute Gasteiger partial charge is 0.298 e. The van der Waals surface area contributed by atoms with E-state index in [1.165, 1.54) is 0 Å². The van der Waals surface area contributed by atoms with E-state index in [0.29, 0.717) is 56.3 Å². The van der Waals surface area contributed by atoms with Crippen LogP contribution in [0.5, 0.6) is 0 Å². The van der Waals surface area contributed by atoms with Crippen molar-refractivity contribution in [3.63, 3.8) is 0 Å². The minimum absolute atomic E-state index is 0.0512. The zero-order valence-corrected chi connectivity index (χ0v) is 29.1. The number of hydrogen-bond acceptors (Lipinski definition) is 4. The van der Waals surface area contributed by atoms with Crippen LogP contribution in [0, 0.1) is 51.8 Å². The van der Waals surface area contributed by atoms with Gasteiger partial charge in [-0.25, -0.2) is 0 Å². The SMILES string of the molecule is CC(C)CCC[C@]1(C)[C@@H](CCC(C)C)C[C@]2(CCC(C)C)C(=O)C(Br)(CCC(C)C)C(=O)[C@@]1(C(=O)C(C)C)C2=O. The maximum atomic E-state index is 15.2. The Hall–Kier alpha value is -0.840. The van der Waals surface area contributed by atoms with Crippen LogP contribution in [0.3, 0.4) is 0 Å². The molecule has 1 unspecified atom stereocenters. The molecule has 0 N–H and O–H groups in total. The minimum Gasteiger partial charge on any atom is -0.298 e. The van der Waals surface area contributed by atoms with Crippen LogP contribution in [-0.4, -0.2) is 27.5 Å². The molecule has 0 aromatic carbocycles. The van der Waals surface area contributed by atoms with Crippen LogP contribution in [0.1, 0.15) is 140 Å². The van der Waals surface area contributed by atoms with Crippen LogP contribution in [0.2, 0.25) is 0 Å². The van der Waals surface area contributed by atoms with Crippen molar-refractivity contribution in [3.8, 4) is 0 Å². The lowest BCUT2D eigenvalue weighted by Crippen LogP contribution is -2.78. The highest BCUT2D eigenvalue weighted by Crippen LogP contribution is 2.68. The first-order chi connectivity index (χ1) is 18.3. The standard InChI is InChI=1S/C35H59BrO4/c1-22(2)13-12-18-32(11)27(15-14-23(3)4)21-33(19-16-24(5)6)29(38)34(36,20-17-25(7)8)31(40)35(32,30(33)39)28(37)26(9)10/h22-27H,12-21H2,1-11H3/t27-,32+,33+,34?,35+/m0/s1. The number of halogens is 1. The predicted octanol–water partition coefficient (Wildman–Crippen LogP) is 9.20. The van der Waals surface area contributed by atoms with Gasteiger partial charge in [0.1, 0.15) is 4.32 Å². The summed E-state index contributed by atoms with van der Waals surface area (Å²) in [5.41, 5.74) is -3.93. The second kappa shape index (κ2) is 13.2. The maximum absolute atomic E-state index is 15.2. The van der Waals surface area contributed by atoms with E-state index < -0.39 is 32.3 Å². The van der Waals surface area contributed by atoms with Crippen molar-refractivity contribution >= 4 is 39.1 Å². The predicted molar refractivity (Wildman–Crippen MR) is 169 cm³/mol. The number of carbonyl (C=O) groups excluding carboxylic acids is 4. The summed E-state index contributed by atoms with van der Waals surface area (Å²) in [6.45, 7) is 22.9. The number of alkyl halides is 1. The second-order valence-electron chi connectivity index (χ2n) is 15.6. The van der Waals surface area contributed by atoms with E-state index in [9.17, 15) is 9.59 Å². The normalized spacial score (nSPS) is 32.8. The molecule has 2 aliphatic carbocycles. The molecule has 0 aromatic rings. The molecule has 40 heavy (non-hydrogen) atoms. The average molecular weight is 624 g/mol. The summed E-state index contributed by atoms with van der Waals surface area (Å²) in [7, 11) is 0. The fraction of sp³-hybridized carbons (Fsp3) is 0.886. The Morgan fingerprint density at radius 3 is 1.70 bits per heavy atom. The van der Waals surface area contributed by atoms with E-state index in [4.69, 9.17) is 0 Å². The molecule has 4 nitrogen and oxygen atoms in total. The van der Waals surface area contributed by atoms with Gasteiger partial charge in [0, 0.05) is 5.92 Å². The summed E-state index contributed by atoms with van der Waals surface area (Å²) >= 11 is 3.75. The van der Waals surface area contributed by atoms with Crippen LogP contribution < -0.4 is 0 Å². The summed E-state index contributed by atoms with van der Waals surface area (Å²) in [6.07, 6.45) is 6.82. The van der Waals surface area contributed by atoms with E-state index in [0.717, 1.165) is 25.7 Å². The first kappa shape index (κ1) is 35.4. The molecule has 0 amide bonds. The first-order valence-electron chi connectivity index (χ1n) is 16.2. The van der Waals surface area contributed by atoms with Crippen LogP contribution in [0.15, 0.2) is 0 Å². The van der Waals surface area contributed by atoms with Gasteiger partial charge in [-0.1, -0.05) is 111 Å². The highest BCUT2D eigenvalue weighted by Gasteiger charge is 2.81. The molecule has 0 spiro atoms. The van der Waals surface area contributed by atoms with E-state index >= 15 is 9.59 Å². The summed E-state index contributed by atoms with van der Waals surface area (Å²) in [4.78, 5) is 59.7. The lowest BCUT2D eigenvalue weighted by atomic mass is 9.35. The highest BCUT2D eigenvalue weighted by atomic mass is 79.9. The highest BCUT2D eigenvalue weighted by molar-refractivity contribution is 9.10. The van der Waals surface area contributed by atoms with Gasteiger partial charge in [0.15, 0.2) is 28.5 Å². The summed E-state index contributed by atoms with van der Waals surface area (Å²) in [5, 5.41) is 0. The Bertz CT molecular complexity index is 939. The van der Waals surface area contributed by atoms with Gasteiger partial charge in [-0.05, 0) is 80.0 Å². The van der Waals surface area contributed by atoms with Gasteiger partial charge < -0.3 is 0 Å². The fourth-order valence-electron chi connectivity index (χ4n) is 7.74. The quantitative estimate of drug-likeness (QED) is 0.135. The molecule has 5 heteroatoms. The molecule has 2 rings (SSSR count). The number of carbonyl (C=O) groups is 4. The molecule has 2 fully saturated rings. The number of ketones is 4. The van der Waals surface area contributed by atoms with E-state index in [-0.39, 0.29) is 29.2 Å². The Morgan fingerprint density at radius 1 is 0.725 bits per heavy atom. The topological polar surface area (TPSA) is 68.3 Å². The van der Waals surface area contributed by atoms with Gasteiger partial charge in [-0.2, -0.15) is 0 Å². The number of Topliss-reactive ketones (excluding diaryl/α,β-unsaturated/α-hetero) is 4. The van der Waals surface area contributed by atoms with Gasteiger partial charge in [-0.15, -0.1) is 0 Å². The van der Waals surface area contributed by atoms with Crippen molar-refractivity contribution in [1.29, 1.82) is 0 Å². The summed E-state index contributed by atoms with van der Waals surface area (Å²) in [6, 6.07) is 0. The third-order valence-corrected chi connectivity index (χ3v) is 11.4. The zero-order chi connectivity index (χ0) is 30.8. The molecule has 0 saturated heterocycles. The van der Waals surface area contributed by atoms with Crippen LogP contribution >= 0.6 is 15.9 Å². The van der Waals surface area contributed by atoms with Crippen molar-refractivity contribution in [3.05, 3.63) is 0 Å². The molecule has 2 saturated carbocycles. The number of hydrogen-bond donors (Lipinski definition) is 0. The fourth-order valence-corrected chi connectivity index (χ4v) is 8.65. The molecule has 230 valence electrons. The molecule has 2 aliphatic rings. The van der Waals surface area contributed by atoms with Crippen LogP contribution in [0.25, 0.3) is 0 Å². The molecule has 0 heterocycles. The second-order valence-corrected chi connectivity index (χ2v) is 16.9. The lowest BCUT2D eigenvalue weighted by molar-refractivity contribution is -0.190. The van der Waals surface area contributed by atoms with Crippen molar-refractivity contribution < 1.29 is 19.2 Å². The van der Waals surface area contributed by atoms with Gasteiger partial charge in [0.25, 0.3) is 0 Å². The molecule has 0 radical (unpaired) electrons. The number of fused-ring (bicyclic) bond motifs is 2.